The summed E-state index contributed by atoms with van der Waals surface area (Å²) in [5.74, 6) is 0.988. The van der Waals surface area contributed by atoms with Gasteiger partial charge in [0.1, 0.15) is 0 Å². The number of ether oxygens (including phenoxy) is 2. The fraction of sp³-hybridized carbons (Fsp3) is 0.739. The minimum Gasteiger partial charge on any atom is -0.394 e. The van der Waals surface area contributed by atoms with Crippen molar-refractivity contribution in [3.05, 3.63) is 35.5 Å². The standard InChI is InChI=1S/C23H39NO3/c1-4-10-26-11-12-27-16-19-6-7-21(20(5-2)14-19)13-18(3)22-8-9-23(24,15-22)17-25/h5,13,19,22,25H,3-4,6-12,14-17,24H2,1-2H3/b20-5-,21-13-/t19-,22+,23-/m1/s1. The largest absolute Gasteiger partial charge is 0.394 e. The highest BCUT2D eigenvalue weighted by Crippen LogP contribution is 2.39. The van der Waals surface area contributed by atoms with Crippen LogP contribution in [0.5, 0.6) is 0 Å². The van der Waals surface area contributed by atoms with E-state index in [4.69, 9.17) is 15.2 Å². The van der Waals surface area contributed by atoms with E-state index in [2.05, 4.69) is 32.6 Å². The molecule has 0 heterocycles. The molecule has 0 aromatic carbocycles. The summed E-state index contributed by atoms with van der Waals surface area (Å²) in [7, 11) is 0. The molecule has 0 aromatic rings. The van der Waals surface area contributed by atoms with Gasteiger partial charge in [0.2, 0.25) is 0 Å². The van der Waals surface area contributed by atoms with Crippen LogP contribution in [0.15, 0.2) is 35.5 Å². The van der Waals surface area contributed by atoms with Crippen LogP contribution in [0.3, 0.4) is 0 Å². The minimum absolute atomic E-state index is 0.0681. The quantitative estimate of drug-likeness (QED) is 0.561. The van der Waals surface area contributed by atoms with Gasteiger partial charge in [0.25, 0.3) is 0 Å². The molecule has 2 aliphatic carbocycles. The summed E-state index contributed by atoms with van der Waals surface area (Å²) in [6, 6.07) is 0. The number of allylic oxidation sites excluding steroid dienone is 5. The first-order chi connectivity index (χ1) is 13.0. The second kappa shape index (κ2) is 11.2. The lowest BCUT2D eigenvalue weighted by Crippen LogP contribution is -2.40. The fourth-order valence-corrected chi connectivity index (χ4v) is 4.25. The van der Waals surface area contributed by atoms with Crippen molar-refractivity contribution in [3.63, 3.8) is 0 Å². The van der Waals surface area contributed by atoms with Crippen molar-refractivity contribution in [1.29, 1.82) is 0 Å². The molecule has 2 saturated carbocycles. The van der Waals surface area contributed by atoms with Gasteiger partial charge in [-0.15, -0.1) is 0 Å². The second-order valence-electron chi connectivity index (χ2n) is 8.31. The van der Waals surface area contributed by atoms with Crippen LogP contribution in [0.2, 0.25) is 0 Å². The number of hydrogen-bond donors (Lipinski definition) is 2. The normalized spacial score (nSPS) is 31.7. The van der Waals surface area contributed by atoms with E-state index in [0.717, 1.165) is 58.2 Å². The first kappa shape index (κ1) is 22.4. The Labute approximate surface area is 165 Å². The third-order valence-electron chi connectivity index (χ3n) is 6.01. The molecular formula is C23H39NO3. The van der Waals surface area contributed by atoms with Crippen molar-refractivity contribution >= 4 is 0 Å². The minimum atomic E-state index is -0.411. The Balaban J connectivity index is 1.81. The lowest BCUT2D eigenvalue weighted by molar-refractivity contribution is 0.0315. The maximum absolute atomic E-state index is 9.49. The van der Waals surface area contributed by atoms with Crippen molar-refractivity contribution in [1.82, 2.24) is 0 Å². The Hall–Kier alpha value is -0.940. The average molecular weight is 378 g/mol. The number of aliphatic hydroxyl groups is 1. The van der Waals surface area contributed by atoms with Gasteiger partial charge in [-0.05, 0) is 74.9 Å². The Morgan fingerprint density at radius 1 is 1.26 bits per heavy atom. The maximum atomic E-state index is 9.49. The summed E-state index contributed by atoms with van der Waals surface area (Å²) in [4.78, 5) is 0. The summed E-state index contributed by atoms with van der Waals surface area (Å²) in [5.41, 5.74) is 9.84. The zero-order chi connectivity index (χ0) is 19.7. The van der Waals surface area contributed by atoms with Crippen LogP contribution >= 0.6 is 0 Å². The monoisotopic (exact) mass is 377 g/mol. The molecule has 0 aliphatic heterocycles. The van der Waals surface area contributed by atoms with Crippen LogP contribution < -0.4 is 5.73 Å². The molecule has 0 saturated heterocycles. The summed E-state index contributed by atoms with van der Waals surface area (Å²) >= 11 is 0. The predicted octanol–water partition coefficient (Wildman–Crippen LogP) is 4.15. The molecule has 3 N–H and O–H groups in total. The molecular weight excluding hydrogens is 338 g/mol. The van der Waals surface area contributed by atoms with Crippen LogP contribution in [-0.2, 0) is 9.47 Å². The van der Waals surface area contributed by atoms with Crippen molar-refractivity contribution in [2.75, 3.05) is 33.0 Å². The number of hydrogen-bond acceptors (Lipinski definition) is 4. The Kier molecular flexibility index (Phi) is 9.24. The molecule has 0 aromatic heterocycles. The second-order valence-corrected chi connectivity index (χ2v) is 8.31. The van der Waals surface area contributed by atoms with E-state index in [9.17, 15) is 5.11 Å². The van der Waals surface area contributed by atoms with E-state index in [0.29, 0.717) is 25.0 Å². The topological polar surface area (TPSA) is 64.7 Å². The van der Waals surface area contributed by atoms with Crippen molar-refractivity contribution in [2.24, 2.45) is 17.6 Å². The van der Waals surface area contributed by atoms with E-state index in [1.54, 1.807) is 0 Å². The zero-order valence-corrected chi connectivity index (χ0v) is 17.3. The van der Waals surface area contributed by atoms with E-state index in [-0.39, 0.29) is 6.61 Å². The van der Waals surface area contributed by atoms with Crippen LogP contribution in [0.1, 0.15) is 58.8 Å². The van der Waals surface area contributed by atoms with E-state index >= 15 is 0 Å². The number of nitrogens with two attached hydrogens (primary N) is 1. The zero-order valence-electron chi connectivity index (χ0n) is 17.3. The molecule has 2 aliphatic rings. The van der Waals surface area contributed by atoms with Crippen molar-refractivity contribution < 1.29 is 14.6 Å². The average Bonchev–Trinajstić information content (AvgIpc) is 3.08. The van der Waals surface area contributed by atoms with Gasteiger partial charge in [0.15, 0.2) is 0 Å². The highest BCUT2D eigenvalue weighted by Gasteiger charge is 2.36. The summed E-state index contributed by atoms with van der Waals surface area (Å²) in [5, 5.41) is 9.49. The van der Waals surface area contributed by atoms with Crippen molar-refractivity contribution in [3.8, 4) is 0 Å². The first-order valence-electron chi connectivity index (χ1n) is 10.6. The molecule has 2 fully saturated rings. The molecule has 154 valence electrons. The summed E-state index contributed by atoms with van der Waals surface area (Å²) in [6.45, 7) is 11.7. The van der Waals surface area contributed by atoms with Crippen LogP contribution in [-0.4, -0.2) is 43.7 Å². The molecule has 0 bridgehead atoms. The van der Waals surface area contributed by atoms with Gasteiger partial charge < -0.3 is 20.3 Å². The van der Waals surface area contributed by atoms with Gasteiger partial charge in [0, 0.05) is 18.8 Å². The third kappa shape index (κ3) is 6.86. The van der Waals surface area contributed by atoms with E-state index in [1.165, 1.54) is 16.7 Å². The highest BCUT2D eigenvalue weighted by atomic mass is 16.5. The van der Waals surface area contributed by atoms with Crippen LogP contribution in [0, 0.1) is 11.8 Å². The Bertz CT molecular complexity index is 540. The van der Waals surface area contributed by atoms with E-state index < -0.39 is 5.54 Å². The lowest BCUT2D eigenvalue weighted by atomic mass is 9.80. The molecule has 3 atom stereocenters. The van der Waals surface area contributed by atoms with Gasteiger partial charge in [-0.2, -0.15) is 0 Å². The highest BCUT2D eigenvalue weighted by molar-refractivity contribution is 5.39. The molecule has 2 rings (SSSR count). The number of rotatable bonds is 10. The lowest BCUT2D eigenvalue weighted by Gasteiger charge is -2.27. The maximum Gasteiger partial charge on any atom is 0.0700 e. The molecule has 4 heteroatoms. The Morgan fingerprint density at radius 2 is 2.04 bits per heavy atom. The summed E-state index contributed by atoms with van der Waals surface area (Å²) < 4.78 is 11.3. The molecule has 0 radical (unpaired) electrons. The SMILES string of the molecule is C=C(/C=C1/CC[C@@H](COCCOCCC)C/C1=C/C)[C@H]1CC[C@](N)(CO)C1. The van der Waals surface area contributed by atoms with Crippen molar-refractivity contribution in [2.45, 2.75) is 64.3 Å². The van der Waals surface area contributed by atoms with E-state index in [1.807, 2.05) is 0 Å². The van der Waals surface area contributed by atoms with Gasteiger partial charge in [0.05, 0.1) is 19.8 Å². The van der Waals surface area contributed by atoms with Crippen LogP contribution in [0.4, 0.5) is 0 Å². The third-order valence-corrected chi connectivity index (χ3v) is 6.01. The van der Waals surface area contributed by atoms with Gasteiger partial charge in [-0.3, -0.25) is 0 Å². The molecule has 0 amide bonds. The van der Waals surface area contributed by atoms with Gasteiger partial charge >= 0.3 is 0 Å². The first-order valence-corrected chi connectivity index (χ1v) is 10.6. The summed E-state index contributed by atoms with van der Waals surface area (Å²) in [6.07, 6.45) is 11.7. The molecule has 27 heavy (non-hydrogen) atoms. The van der Waals surface area contributed by atoms with Gasteiger partial charge in [-0.25, -0.2) is 0 Å². The predicted molar refractivity (Wildman–Crippen MR) is 112 cm³/mol. The number of aliphatic hydroxyl groups excluding tert-OH is 1. The van der Waals surface area contributed by atoms with Gasteiger partial charge in [-0.1, -0.05) is 31.2 Å². The molecule has 4 nitrogen and oxygen atoms in total. The smallest absolute Gasteiger partial charge is 0.0700 e. The Morgan fingerprint density at radius 3 is 2.70 bits per heavy atom. The molecule has 0 unspecified atom stereocenters. The fourth-order valence-electron chi connectivity index (χ4n) is 4.25. The molecule has 0 spiro atoms. The van der Waals surface area contributed by atoms with Crippen LogP contribution in [0.25, 0.3) is 0 Å².